The van der Waals surface area contributed by atoms with Gasteiger partial charge in [-0.1, -0.05) is 29.3 Å². The number of rotatable bonds is 4. The van der Waals surface area contributed by atoms with Gasteiger partial charge in [-0.25, -0.2) is 13.8 Å². The van der Waals surface area contributed by atoms with Crippen LogP contribution in [0.15, 0.2) is 51.1 Å². The maximum atomic E-state index is 14.3. The van der Waals surface area contributed by atoms with Gasteiger partial charge in [-0.2, -0.15) is 9.97 Å². The van der Waals surface area contributed by atoms with Crippen LogP contribution in [-0.4, -0.2) is 21.6 Å². The standard InChI is InChI=1S/C19H14ClFN4O2S/c1-10-4-3-5-11(6-10)18-24-17(15(27-18)14-7-12(20)9-28-14)25-8-13(21)16(22-2)23-19(25)26/h3-9H,1-2H3,(H,22,23,26). The molecule has 0 aliphatic heterocycles. The monoisotopic (exact) mass is 416 g/mol. The molecule has 0 atom stereocenters. The largest absolute Gasteiger partial charge is 0.433 e. The van der Waals surface area contributed by atoms with Crippen molar-refractivity contribution in [3.63, 3.8) is 0 Å². The van der Waals surface area contributed by atoms with Crippen molar-refractivity contribution in [1.82, 2.24) is 14.5 Å². The molecule has 0 unspecified atom stereocenters. The van der Waals surface area contributed by atoms with Crippen LogP contribution < -0.4 is 11.0 Å². The minimum absolute atomic E-state index is 0.135. The van der Waals surface area contributed by atoms with Crippen LogP contribution in [0.2, 0.25) is 5.02 Å². The number of hydrogen-bond acceptors (Lipinski definition) is 6. The van der Waals surface area contributed by atoms with Crippen LogP contribution in [0.3, 0.4) is 0 Å². The quantitative estimate of drug-likeness (QED) is 0.519. The molecule has 9 heteroatoms. The van der Waals surface area contributed by atoms with E-state index in [0.717, 1.165) is 21.9 Å². The van der Waals surface area contributed by atoms with Crippen LogP contribution >= 0.6 is 22.9 Å². The van der Waals surface area contributed by atoms with E-state index in [1.165, 1.54) is 18.4 Å². The number of aryl methyl sites for hydroxylation is 1. The van der Waals surface area contributed by atoms with Crippen molar-refractivity contribution in [1.29, 1.82) is 0 Å². The van der Waals surface area contributed by atoms with Crippen molar-refractivity contribution in [2.45, 2.75) is 6.92 Å². The summed E-state index contributed by atoms with van der Waals surface area (Å²) in [5.74, 6) is -0.0482. The minimum atomic E-state index is -0.683. The fraction of sp³-hybridized carbons (Fsp3) is 0.105. The van der Waals surface area contributed by atoms with Gasteiger partial charge in [0.1, 0.15) is 0 Å². The summed E-state index contributed by atoms with van der Waals surface area (Å²) in [5, 5.41) is 4.81. The second-order valence-corrected chi connectivity index (χ2v) is 7.36. The molecule has 3 heterocycles. The lowest BCUT2D eigenvalue weighted by Crippen LogP contribution is -2.23. The van der Waals surface area contributed by atoms with Gasteiger partial charge < -0.3 is 9.73 Å². The van der Waals surface area contributed by atoms with Gasteiger partial charge in [0.15, 0.2) is 23.2 Å². The zero-order valence-corrected chi connectivity index (χ0v) is 16.4. The fourth-order valence-corrected chi connectivity index (χ4v) is 3.78. The lowest BCUT2D eigenvalue weighted by atomic mass is 10.1. The molecule has 4 aromatic rings. The summed E-state index contributed by atoms with van der Waals surface area (Å²) < 4.78 is 21.3. The Morgan fingerprint density at radius 3 is 2.79 bits per heavy atom. The smallest absolute Gasteiger partial charge is 0.355 e. The van der Waals surface area contributed by atoms with Crippen LogP contribution in [0.25, 0.3) is 27.9 Å². The number of thiophene rings is 1. The van der Waals surface area contributed by atoms with Gasteiger partial charge in [-0.15, -0.1) is 11.3 Å². The Labute approximate surface area is 168 Å². The normalized spacial score (nSPS) is 11.0. The third-order valence-electron chi connectivity index (χ3n) is 4.01. The van der Waals surface area contributed by atoms with E-state index in [1.54, 1.807) is 11.4 Å². The van der Waals surface area contributed by atoms with Crippen LogP contribution in [0.1, 0.15) is 5.56 Å². The van der Waals surface area contributed by atoms with Crippen molar-refractivity contribution in [3.8, 4) is 27.9 Å². The van der Waals surface area contributed by atoms with E-state index < -0.39 is 11.5 Å². The molecule has 1 aromatic carbocycles. The summed E-state index contributed by atoms with van der Waals surface area (Å²) in [5.41, 5.74) is 1.09. The van der Waals surface area contributed by atoms with Crippen molar-refractivity contribution < 1.29 is 8.81 Å². The molecular formula is C19H14ClFN4O2S. The molecule has 28 heavy (non-hydrogen) atoms. The van der Waals surface area contributed by atoms with E-state index in [-0.39, 0.29) is 11.6 Å². The maximum Gasteiger partial charge on any atom is 0.355 e. The lowest BCUT2D eigenvalue weighted by molar-refractivity contribution is 0.587. The molecule has 1 N–H and O–H groups in total. The number of nitrogens with zero attached hydrogens (tertiary/aromatic N) is 3. The third-order valence-corrected chi connectivity index (χ3v) is 5.29. The summed E-state index contributed by atoms with van der Waals surface area (Å²) in [6, 6.07) is 9.29. The van der Waals surface area contributed by atoms with Crippen molar-refractivity contribution in [3.05, 3.63) is 68.8 Å². The first-order chi connectivity index (χ1) is 13.5. The zero-order chi connectivity index (χ0) is 19.8. The van der Waals surface area contributed by atoms with E-state index in [1.807, 2.05) is 31.2 Å². The van der Waals surface area contributed by atoms with Crippen LogP contribution in [0.5, 0.6) is 0 Å². The number of halogens is 2. The highest BCUT2D eigenvalue weighted by Crippen LogP contribution is 2.36. The first-order valence-corrected chi connectivity index (χ1v) is 9.51. The van der Waals surface area contributed by atoms with Crippen LogP contribution in [-0.2, 0) is 0 Å². The summed E-state index contributed by atoms with van der Waals surface area (Å²) >= 11 is 7.38. The third kappa shape index (κ3) is 3.32. The SMILES string of the molecule is CNc1nc(=O)n(-c2nc(-c3cccc(C)c3)oc2-c2cc(Cl)cs2)cc1F. The highest BCUT2D eigenvalue weighted by molar-refractivity contribution is 7.14. The van der Waals surface area contributed by atoms with Gasteiger partial charge >= 0.3 is 5.69 Å². The molecule has 0 aliphatic rings. The summed E-state index contributed by atoms with van der Waals surface area (Å²) in [6.07, 6.45) is 1.04. The molecule has 0 amide bonds. The Morgan fingerprint density at radius 2 is 2.11 bits per heavy atom. The number of benzene rings is 1. The number of aromatic nitrogens is 3. The van der Waals surface area contributed by atoms with Gasteiger partial charge in [0.2, 0.25) is 5.89 Å². The molecule has 0 aliphatic carbocycles. The lowest BCUT2D eigenvalue weighted by Gasteiger charge is -2.05. The summed E-state index contributed by atoms with van der Waals surface area (Å²) in [4.78, 5) is 21.3. The molecular weight excluding hydrogens is 403 g/mol. The molecule has 6 nitrogen and oxygen atoms in total. The van der Waals surface area contributed by atoms with E-state index in [9.17, 15) is 9.18 Å². The van der Waals surface area contributed by atoms with E-state index in [0.29, 0.717) is 21.6 Å². The molecule has 4 rings (SSSR count). The minimum Gasteiger partial charge on any atom is -0.433 e. The van der Waals surface area contributed by atoms with Gasteiger partial charge in [0.05, 0.1) is 16.1 Å². The number of hydrogen-bond donors (Lipinski definition) is 1. The molecule has 142 valence electrons. The predicted octanol–water partition coefficient (Wildman–Crippen LogP) is 4.76. The molecule has 0 fully saturated rings. The fourth-order valence-electron chi connectivity index (χ4n) is 2.73. The maximum absolute atomic E-state index is 14.3. The van der Waals surface area contributed by atoms with E-state index in [2.05, 4.69) is 15.3 Å². The van der Waals surface area contributed by atoms with Gasteiger partial charge in [-0.05, 0) is 25.1 Å². The molecule has 0 radical (unpaired) electrons. The van der Waals surface area contributed by atoms with Gasteiger partial charge in [0, 0.05) is 18.0 Å². The number of oxazole rings is 1. The highest BCUT2D eigenvalue weighted by atomic mass is 35.5. The predicted molar refractivity (Wildman–Crippen MR) is 108 cm³/mol. The Bertz CT molecular complexity index is 1230. The summed E-state index contributed by atoms with van der Waals surface area (Å²) in [7, 11) is 1.49. The van der Waals surface area contributed by atoms with E-state index in [4.69, 9.17) is 16.0 Å². The molecule has 0 saturated heterocycles. The first kappa shape index (κ1) is 18.4. The number of nitrogens with one attached hydrogen (secondary N) is 1. The van der Waals surface area contributed by atoms with Crippen molar-refractivity contribution >= 4 is 28.8 Å². The Morgan fingerprint density at radius 1 is 1.29 bits per heavy atom. The number of anilines is 1. The van der Waals surface area contributed by atoms with Crippen molar-refractivity contribution in [2.75, 3.05) is 12.4 Å². The Kier molecular flexibility index (Phi) is 4.74. The molecule has 3 aromatic heterocycles. The summed E-state index contributed by atoms with van der Waals surface area (Å²) in [6.45, 7) is 1.95. The van der Waals surface area contributed by atoms with Gasteiger partial charge in [0.25, 0.3) is 0 Å². The van der Waals surface area contributed by atoms with E-state index >= 15 is 0 Å². The highest BCUT2D eigenvalue weighted by Gasteiger charge is 2.22. The molecule has 0 saturated carbocycles. The Hall–Kier alpha value is -2.97. The molecule has 0 spiro atoms. The van der Waals surface area contributed by atoms with Crippen LogP contribution in [0, 0.1) is 12.7 Å². The van der Waals surface area contributed by atoms with Crippen molar-refractivity contribution in [2.24, 2.45) is 0 Å². The second kappa shape index (κ2) is 7.21. The average molecular weight is 417 g/mol. The zero-order valence-electron chi connectivity index (χ0n) is 14.9. The van der Waals surface area contributed by atoms with Gasteiger partial charge in [-0.3, -0.25) is 0 Å². The molecule has 0 bridgehead atoms. The first-order valence-electron chi connectivity index (χ1n) is 8.26. The van der Waals surface area contributed by atoms with Crippen LogP contribution in [0.4, 0.5) is 10.2 Å². The topological polar surface area (TPSA) is 73.0 Å². The Balaban J connectivity index is 1.96. The second-order valence-electron chi connectivity index (χ2n) is 6.01. The average Bonchev–Trinajstić information content (AvgIpc) is 3.29.